The van der Waals surface area contributed by atoms with Gasteiger partial charge in [0.15, 0.2) is 17.5 Å². The van der Waals surface area contributed by atoms with E-state index in [-0.39, 0.29) is 51.0 Å². The molecular formula is C37H43ClF2N9O3+. The Morgan fingerprint density at radius 1 is 0.962 bits per heavy atom. The average Bonchev–Trinajstić information content (AvgIpc) is 3.72. The van der Waals surface area contributed by atoms with E-state index in [4.69, 9.17) is 11.6 Å². The molecule has 0 bridgehead atoms. The minimum atomic E-state index is -1.07. The van der Waals surface area contributed by atoms with Crippen LogP contribution in [0.25, 0.3) is 22.4 Å². The van der Waals surface area contributed by atoms with Gasteiger partial charge in [-0.15, -0.1) is 0 Å². The normalized spacial score (nSPS) is 20.8. The number of quaternary nitrogens is 1. The number of imidazole rings is 1. The number of aromatic nitrogens is 4. The first-order chi connectivity index (χ1) is 24.9. The second-order valence-corrected chi connectivity index (χ2v) is 14.9. The van der Waals surface area contributed by atoms with Gasteiger partial charge in [0.2, 0.25) is 5.91 Å². The number of hydrogen-bond donors (Lipinski definition) is 3. The second-order valence-electron chi connectivity index (χ2n) is 14.5. The highest BCUT2D eigenvalue weighted by molar-refractivity contribution is 6.34. The SMILES string of the molecule is Cc1[nH]ncc1-c1ccc(-c2cnc(C(=O)Nc3ccc(C(=O)N4CCN(C(=O)C5CC[N+](C)(CC6CNC6)CC5)CC4)c(Cl)c3)n2C)c(F)c1F. The number of aryl methyl sites for hydroxylation is 1. The summed E-state index contributed by atoms with van der Waals surface area (Å²) in [5.74, 6) is -2.03. The molecule has 0 saturated carbocycles. The fraction of sp³-hybridized carbons (Fsp3) is 0.432. The summed E-state index contributed by atoms with van der Waals surface area (Å²) in [6.45, 7) is 8.88. The molecule has 3 amide bonds. The summed E-state index contributed by atoms with van der Waals surface area (Å²) in [7, 11) is 3.84. The molecule has 12 nitrogen and oxygen atoms in total. The average molecular weight is 735 g/mol. The lowest BCUT2D eigenvalue weighted by Gasteiger charge is -2.45. The van der Waals surface area contributed by atoms with Crippen LogP contribution < -0.4 is 10.6 Å². The number of H-pyrrole nitrogens is 1. The van der Waals surface area contributed by atoms with E-state index in [0.29, 0.717) is 43.1 Å². The molecule has 3 fully saturated rings. The number of amides is 3. The Kier molecular flexibility index (Phi) is 9.89. The minimum Gasteiger partial charge on any atom is -0.339 e. The fourth-order valence-corrected chi connectivity index (χ4v) is 7.94. The van der Waals surface area contributed by atoms with Crippen LogP contribution in [0.1, 0.15) is 39.5 Å². The first-order valence-electron chi connectivity index (χ1n) is 17.7. The summed E-state index contributed by atoms with van der Waals surface area (Å²) in [6.07, 6.45) is 4.53. The number of carbonyl (C=O) groups is 3. The maximum Gasteiger partial charge on any atom is 0.291 e. The topological polar surface area (TPSA) is 128 Å². The van der Waals surface area contributed by atoms with Crippen molar-refractivity contribution >= 4 is 35.0 Å². The molecule has 15 heteroatoms. The lowest BCUT2D eigenvalue weighted by atomic mass is 9.91. The van der Waals surface area contributed by atoms with Crippen LogP contribution in [0.5, 0.6) is 0 Å². The van der Waals surface area contributed by atoms with Crippen LogP contribution in [-0.4, -0.2) is 118 Å². The first kappa shape index (κ1) is 35.7. The van der Waals surface area contributed by atoms with E-state index in [2.05, 4.69) is 32.9 Å². The van der Waals surface area contributed by atoms with Crippen molar-refractivity contribution in [3.63, 3.8) is 0 Å². The van der Waals surface area contributed by atoms with Crippen molar-refractivity contribution in [3.05, 3.63) is 76.5 Å². The maximum atomic E-state index is 15.3. The standard InChI is InChI=1S/C37H42ClF2N9O3/c1-22-29(19-43-45-22)26-6-7-28(33(40)32(26)39)31-20-42-34(46(31)2)35(50)44-25-4-5-27(30(38)16-25)37(52)48-12-10-47(11-13-48)36(51)24-8-14-49(3,15-9-24)21-23-17-41-18-23/h4-7,16,19-20,23-24,41H,8-15,17-18,21H2,1-3H3,(H-,43,44,45,50,52)/p+1. The molecular weight excluding hydrogens is 692 g/mol. The van der Waals surface area contributed by atoms with Crippen LogP contribution in [0.2, 0.25) is 5.02 Å². The molecule has 3 aliphatic rings. The second kappa shape index (κ2) is 14.4. The monoisotopic (exact) mass is 734 g/mol. The van der Waals surface area contributed by atoms with Gasteiger partial charge in [-0.05, 0) is 31.2 Å². The predicted molar refractivity (Wildman–Crippen MR) is 193 cm³/mol. The molecule has 2 aromatic heterocycles. The Balaban J connectivity index is 0.941. The van der Waals surface area contributed by atoms with Crippen molar-refractivity contribution in [3.8, 4) is 22.4 Å². The number of carbonyl (C=O) groups excluding carboxylic acids is 3. The van der Waals surface area contributed by atoms with Crippen LogP contribution in [0.15, 0.2) is 42.7 Å². The number of anilines is 1. The van der Waals surface area contributed by atoms with Gasteiger partial charge in [0, 0.05) is 99.1 Å². The van der Waals surface area contributed by atoms with Crippen molar-refractivity contribution in [1.82, 2.24) is 34.9 Å². The van der Waals surface area contributed by atoms with Gasteiger partial charge in [-0.2, -0.15) is 5.10 Å². The molecule has 7 rings (SSSR count). The molecule has 0 unspecified atom stereocenters. The molecule has 0 aliphatic carbocycles. The van der Waals surface area contributed by atoms with Crippen molar-refractivity contribution in [2.45, 2.75) is 19.8 Å². The van der Waals surface area contributed by atoms with Crippen LogP contribution in [0, 0.1) is 30.4 Å². The van der Waals surface area contributed by atoms with Gasteiger partial charge in [-0.25, -0.2) is 13.8 Å². The number of halogens is 3. The highest BCUT2D eigenvalue weighted by Gasteiger charge is 2.38. The number of piperidine rings is 1. The van der Waals surface area contributed by atoms with Crippen LogP contribution >= 0.6 is 11.6 Å². The highest BCUT2D eigenvalue weighted by Crippen LogP contribution is 2.33. The third kappa shape index (κ3) is 6.94. The lowest BCUT2D eigenvalue weighted by molar-refractivity contribution is -0.918. The summed E-state index contributed by atoms with van der Waals surface area (Å²) in [5.41, 5.74) is 1.88. The third-order valence-corrected chi connectivity index (χ3v) is 11.3. The molecule has 0 atom stereocenters. The van der Waals surface area contributed by atoms with E-state index in [1.165, 1.54) is 48.8 Å². The molecule has 0 spiro atoms. The van der Waals surface area contributed by atoms with E-state index < -0.39 is 17.5 Å². The Morgan fingerprint density at radius 2 is 1.63 bits per heavy atom. The Hall–Kier alpha value is -4.66. The van der Waals surface area contributed by atoms with Gasteiger partial charge in [-0.1, -0.05) is 17.7 Å². The maximum absolute atomic E-state index is 15.3. The zero-order valence-electron chi connectivity index (χ0n) is 29.5. The number of hydrogen-bond acceptors (Lipinski definition) is 6. The van der Waals surface area contributed by atoms with Crippen LogP contribution in [0.3, 0.4) is 0 Å². The summed E-state index contributed by atoms with van der Waals surface area (Å²) in [6, 6.07) is 7.51. The highest BCUT2D eigenvalue weighted by atomic mass is 35.5. The number of nitrogens with one attached hydrogen (secondary N) is 3. The smallest absolute Gasteiger partial charge is 0.291 e. The van der Waals surface area contributed by atoms with E-state index >= 15 is 8.78 Å². The molecule has 3 aliphatic heterocycles. The first-order valence-corrected chi connectivity index (χ1v) is 18.0. The molecule has 4 aromatic rings. The Bertz CT molecular complexity index is 2010. The summed E-state index contributed by atoms with van der Waals surface area (Å²) in [5, 5.41) is 12.8. The van der Waals surface area contributed by atoms with Crippen molar-refractivity contribution in [2.24, 2.45) is 18.9 Å². The summed E-state index contributed by atoms with van der Waals surface area (Å²) >= 11 is 6.56. The van der Waals surface area contributed by atoms with Crippen molar-refractivity contribution < 1.29 is 27.6 Å². The van der Waals surface area contributed by atoms with E-state index in [1.807, 2.05) is 4.90 Å². The number of piperazine rings is 1. The van der Waals surface area contributed by atoms with Crippen LogP contribution in [-0.2, 0) is 11.8 Å². The Morgan fingerprint density at radius 3 is 2.27 bits per heavy atom. The molecule has 0 radical (unpaired) electrons. The van der Waals surface area contributed by atoms with Gasteiger partial charge in [0.05, 0.1) is 55.4 Å². The predicted octanol–water partition coefficient (Wildman–Crippen LogP) is 4.33. The van der Waals surface area contributed by atoms with E-state index in [1.54, 1.807) is 24.0 Å². The number of nitrogens with zero attached hydrogens (tertiary/aromatic N) is 6. The summed E-state index contributed by atoms with van der Waals surface area (Å²) in [4.78, 5) is 47.8. The van der Waals surface area contributed by atoms with Gasteiger partial charge >= 0.3 is 0 Å². The van der Waals surface area contributed by atoms with E-state index in [9.17, 15) is 14.4 Å². The third-order valence-electron chi connectivity index (χ3n) is 11.0. The fourth-order valence-electron chi connectivity index (χ4n) is 7.68. The zero-order chi connectivity index (χ0) is 36.7. The number of rotatable bonds is 8. The minimum absolute atomic E-state index is 0.0377. The van der Waals surface area contributed by atoms with E-state index in [0.717, 1.165) is 49.4 Å². The van der Waals surface area contributed by atoms with Crippen LogP contribution in [0.4, 0.5) is 14.5 Å². The molecule has 5 heterocycles. The van der Waals surface area contributed by atoms with Gasteiger partial charge in [0.25, 0.3) is 11.8 Å². The molecule has 3 N–H and O–H groups in total. The number of aromatic amines is 1. The quantitative estimate of drug-likeness (QED) is 0.232. The van der Waals surface area contributed by atoms with Gasteiger partial charge in [-0.3, -0.25) is 19.5 Å². The number of likely N-dealkylation sites (tertiary alicyclic amines) is 1. The lowest BCUT2D eigenvalue weighted by Crippen LogP contribution is -2.59. The molecule has 274 valence electrons. The molecule has 52 heavy (non-hydrogen) atoms. The Labute approximate surface area is 305 Å². The summed E-state index contributed by atoms with van der Waals surface area (Å²) < 4.78 is 32.8. The zero-order valence-corrected chi connectivity index (χ0v) is 30.3. The number of benzene rings is 2. The van der Waals surface area contributed by atoms with Crippen molar-refractivity contribution in [2.75, 3.05) is 71.3 Å². The van der Waals surface area contributed by atoms with Crippen molar-refractivity contribution in [1.29, 1.82) is 0 Å². The molecule has 2 aromatic carbocycles. The molecule has 3 saturated heterocycles. The van der Waals surface area contributed by atoms with Gasteiger partial charge in [0.1, 0.15) is 0 Å². The van der Waals surface area contributed by atoms with Gasteiger partial charge < -0.3 is 29.5 Å². The largest absolute Gasteiger partial charge is 0.339 e.